The zero-order valence-corrected chi connectivity index (χ0v) is 12.1. The summed E-state index contributed by atoms with van der Waals surface area (Å²) in [4.78, 5) is 12.7. The number of benzene rings is 1. The molecule has 0 atom stereocenters. The van der Waals surface area contributed by atoms with E-state index in [1.165, 1.54) is 0 Å². The largest absolute Gasteiger partial charge is 0.383 e. The van der Waals surface area contributed by atoms with Crippen LogP contribution in [0.25, 0.3) is 22.2 Å². The predicted octanol–water partition coefficient (Wildman–Crippen LogP) is 3.89. The molecule has 0 aliphatic rings. The van der Waals surface area contributed by atoms with E-state index in [1.807, 2.05) is 12.1 Å². The molecular weight excluding hydrogens is 295 g/mol. The maximum absolute atomic E-state index is 6.21. The highest BCUT2D eigenvalue weighted by Gasteiger charge is 2.11. The van der Waals surface area contributed by atoms with Gasteiger partial charge in [0, 0.05) is 27.7 Å². The molecular formula is C14H10Cl2N4. The highest BCUT2D eigenvalue weighted by molar-refractivity contribution is 6.36. The first-order chi connectivity index (χ1) is 9.54. The number of aryl methyl sites for hydroxylation is 1. The second kappa shape index (κ2) is 4.89. The van der Waals surface area contributed by atoms with Gasteiger partial charge in [-0.15, -0.1) is 0 Å². The summed E-state index contributed by atoms with van der Waals surface area (Å²) in [5.74, 6) is 1.03. The van der Waals surface area contributed by atoms with Gasteiger partial charge in [0.05, 0.1) is 5.02 Å². The maximum Gasteiger partial charge on any atom is 0.165 e. The summed E-state index contributed by atoms with van der Waals surface area (Å²) in [6.07, 6.45) is 1.72. The maximum atomic E-state index is 6.21. The molecule has 0 spiro atoms. The van der Waals surface area contributed by atoms with Crippen molar-refractivity contribution in [3.63, 3.8) is 0 Å². The highest BCUT2D eigenvalue weighted by Crippen LogP contribution is 2.34. The number of nitrogen functional groups attached to an aromatic ring is 1. The quantitative estimate of drug-likeness (QED) is 0.740. The summed E-state index contributed by atoms with van der Waals surface area (Å²) < 4.78 is 0. The lowest BCUT2D eigenvalue weighted by Crippen LogP contribution is -1.98. The fourth-order valence-corrected chi connectivity index (χ4v) is 2.50. The average Bonchev–Trinajstić information content (AvgIpc) is 2.38. The van der Waals surface area contributed by atoms with E-state index in [0.29, 0.717) is 27.3 Å². The zero-order chi connectivity index (χ0) is 14.3. The lowest BCUT2D eigenvalue weighted by atomic mass is 10.1. The summed E-state index contributed by atoms with van der Waals surface area (Å²) in [5, 5.41) is 1.91. The van der Waals surface area contributed by atoms with E-state index in [0.717, 1.165) is 16.5 Å². The van der Waals surface area contributed by atoms with Crippen molar-refractivity contribution in [2.45, 2.75) is 6.92 Å². The second-order valence-electron chi connectivity index (χ2n) is 4.38. The fourth-order valence-electron chi connectivity index (χ4n) is 1.99. The first-order valence-electron chi connectivity index (χ1n) is 5.90. The Morgan fingerprint density at radius 2 is 1.85 bits per heavy atom. The Balaban J connectivity index is 2.25. The molecule has 0 saturated carbocycles. The van der Waals surface area contributed by atoms with Gasteiger partial charge in [-0.2, -0.15) is 0 Å². The molecule has 0 unspecified atom stereocenters. The number of fused-ring (bicyclic) bond motifs is 1. The van der Waals surface area contributed by atoms with E-state index < -0.39 is 0 Å². The molecule has 3 aromatic rings. The Hall–Kier alpha value is -1.91. The number of nitrogens with zero attached hydrogens (tertiary/aromatic N) is 3. The van der Waals surface area contributed by atoms with Gasteiger partial charge in [0.25, 0.3) is 0 Å². The lowest BCUT2D eigenvalue weighted by Gasteiger charge is -2.09. The molecule has 0 saturated heterocycles. The normalized spacial score (nSPS) is 10.9. The van der Waals surface area contributed by atoms with Crippen molar-refractivity contribution in [2.75, 3.05) is 5.73 Å². The van der Waals surface area contributed by atoms with Crippen LogP contribution in [0.2, 0.25) is 10.0 Å². The standard InChI is InChI=1S/C14H10Cl2N4/c1-7-18-6-8-4-11(13(17)20-14(8)19-7)10-3-2-9(15)5-12(10)16/h2-6H,1H3,(H2,17,18,19,20). The fraction of sp³-hybridized carbons (Fsp3) is 0.0714. The van der Waals surface area contributed by atoms with E-state index in [1.54, 1.807) is 25.3 Å². The predicted molar refractivity (Wildman–Crippen MR) is 81.9 cm³/mol. The summed E-state index contributed by atoms with van der Waals surface area (Å²) >= 11 is 12.1. The Morgan fingerprint density at radius 3 is 2.60 bits per heavy atom. The van der Waals surface area contributed by atoms with Crippen molar-refractivity contribution in [1.29, 1.82) is 0 Å². The summed E-state index contributed by atoms with van der Waals surface area (Å²) in [5.41, 5.74) is 8.11. The van der Waals surface area contributed by atoms with Crippen LogP contribution in [0.15, 0.2) is 30.5 Å². The molecule has 6 heteroatoms. The number of anilines is 1. The topological polar surface area (TPSA) is 64.7 Å². The second-order valence-corrected chi connectivity index (χ2v) is 5.22. The third kappa shape index (κ3) is 2.28. The van der Waals surface area contributed by atoms with E-state index >= 15 is 0 Å². The van der Waals surface area contributed by atoms with E-state index in [4.69, 9.17) is 28.9 Å². The van der Waals surface area contributed by atoms with Gasteiger partial charge in [0.15, 0.2) is 5.65 Å². The Bertz CT molecular complexity index is 818. The first-order valence-corrected chi connectivity index (χ1v) is 6.65. The van der Waals surface area contributed by atoms with Crippen LogP contribution < -0.4 is 5.73 Å². The molecule has 3 rings (SSSR count). The van der Waals surface area contributed by atoms with Crippen LogP contribution in [-0.4, -0.2) is 15.0 Å². The van der Waals surface area contributed by atoms with Crippen LogP contribution in [0.5, 0.6) is 0 Å². The van der Waals surface area contributed by atoms with Crippen LogP contribution in [-0.2, 0) is 0 Å². The number of hydrogen-bond acceptors (Lipinski definition) is 4. The van der Waals surface area contributed by atoms with Crippen LogP contribution in [0.1, 0.15) is 5.82 Å². The molecule has 100 valence electrons. The Kier molecular flexibility index (Phi) is 3.20. The van der Waals surface area contributed by atoms with Crippen LogP contribution >= 0.6 is 23.2 Å². The van der Waals surface area contributed by atoms with E-state index in [-0.39, 0.29) is 0 Å². The minimum absolute atomic E-state index is 0.375. The van der Waals surface area contributed by atoms with Crippen LogP contribution in [0.3, 0.4) is 0 Å². The van der Waals surface area contributed by atoms with Gasteiger partial charge >= 0.3 is 0 Å². The third-order valence-corrected chi connectivity index (χ3v) is 3.49. The van der Waals surface area contributed by atoms with Gasteiger partial charge < -0.3 is 5.73 Å². The SMILES string of the molecule is Cc1ncc2cc(-c3ccc(Cl)cc3Cl)c(N)nc2n1. The molecule has 0 aliphatic heterocycles. The summed E-state index contributed by atoms with van der Waals surface area (Å²) in [7, 11) is 0. The summed E-state index contributed by atoms with van der Waals surface area (Å²) in [6, 6.07) is 7.14. The molecule has 0 fully saturated rings. The molecule has 20 heavy (non-hydrogen) atoms. The first kappa shape index (κ1) is 13.1. The van der Waals surface area contributed by atoms with Gasteiger partial charge in [-0.05, 0) is 25.1 Å². The number of pyridine rings is 1. The van der Waals surface area contributed by atoms with Crippen molar-refractivity contribution >= 4 is 40.1 Å². The monoisotopic (exact) mass is 304 g/mol. The van der Waals surface area contributed by atoms with E-state index in [9.17, 15) is 0 Å². The molecule has 1 aromatic carbocycles. The number of aromatic nitrogens is 3. The van der Waals surface area contributed by atoms with Crippen molar-refractivity contribution in [1.82, 2.24) is 15.0 Å². The van der Waals surface area contributed by atoms with Gasteiger partial charge in [-0.25, -0.2) is 15.0 Å². The van der Waals surface area contributed by atoms with Gasteiger partial charge in [0.1, 0.15) is 11.6 Å². The molecule has 0 radical (unpaired) electrons. The molecule has 4 nitrogen and oxygen atoms in total. The number of rotatable bonds is 1. The Labute approximate surface area is 125 Å². The Morgan fingerprint density at radius 1 is 1.05 bits per heavy atom. The molecule has 0 amide bonds. The summed E-state index contributed by atoms with van der Waals surface area (Å²) in [6.45, 7) is 1.81. The minimum atomic E-state index is 0.375. The minimum Gasteiger partial charge on any atom is -0.383 e. The zero-order valence-electron chi connectivity index (χ0n) is 10.6. The van der Waals surface area contributed by atoms with Gasteiger partial charge in [-0.3, -0.25) is 0 Å². The van der Waals surface area contributed by atoms with Crippen molar-refractivity contribution in [3.8, 4) is 11.1 Å². The molecule has 0 aliphatic carbocycles. The lowest BCUT2D eigenvalue weighted by molar-refractivity contribution is 1.07. The molecule has 0 bridgehead atoms. The smallest absolute Gasteiger partial charge is 0.165 e. The van der Waals surface area contributed by atoms with Gasteiger partial charge in [-0.1, -0.05) is 29.3 Å². The highest BCUT2D eigenvalue weighted by atomic mass is 35.5. The number of halogens is 2. The number of nitrogens with two attached hydrogens (primary N) is 1. The van der Waals surface area contributed by atoms with E-state index in [2.05, 4.69) is 15.0 Å². The third-order valence-electron chi connectivity index (χ3n) is 2.94. The number of hydrogen-bond donors (Lipinski definition) is 1. The molecule has 2 heterocycles. The van der Waals surface area contributed by atoms with Gasteiger partial charge in [0.2, 0.25) is 0 Å². The van der Waals surface area contributed by atoms with Crippen LogP contribution in [0.4, 0.5) is 5.82 Å². The van der Waals surface area contributed by atoms with Crippen LogP contribution in [0, 0.1) is 6.92 Å². The molecule has 2 N–H and O–H groups in total. The van der Waals surface area contributed by atoms with Crippen molar-refractivity contribution in [2.24, 2.45) is 0 Å². The molecule has 2 aromatic heterocycles. The van der Waals surface area contributed by atoms with Crippen molar-refractivity contribution < 1.29 is 0 Å². The average molecular weight is 305 g/mol. The van der Waals surface area contributed by atoms with Crippen molar-refractivity contribution in [3.05, 3.63) is 46.3 Å².